The van der Waals surface area contributed by atoms with Crippen LogP contribution < -0.4 is 4.90 Å². The van der Waals surface area contributed by atoms with Gasteiger partial charge in [0.15, 0.2) is 0 Å². The van der Waals surface area contributed by atoms with Gasteiger partial charge in [-0.05, 0) is 32.1 Å². The maximum absolute atomic E-state index is 12.5. The van der Waals surface area contributed by atoms with E-state index in [9.17, 15) is 19.7 Å². The Labute approximate surface area is 150 Å². The molecule has 0 amide bonds. The summed E-state index contributed by atoms with van der Waals surface area (Å²) >= 11 is 0. The molecular formula is C18H18N2O6. The lowest BCUT2D eigenvalue weighted by molar-refractivity contribution is -0.384. The first kappa shape index (κ1) is 18.9. The van der Waals surface area contributed by atoms with E-state index >= 15 is 0 Å². The predicted molar refractivity (Wildman–Crippen MR) is 94.1 cm³/mol. The summed E-state index contributed by atoms with van der Waals surface area (Å²) in [7, 11) is 0. The Bertz CT molecular complexity index is 810. The first-order valence-electron chi connectivity index (χ1n) is 7.96. The third-order valence-corrected chi connectivity index (χ3v) is 3.39. The van der Waals surface area contributed by atoms with Gasteiger partial charge < -0.3 is 14.4 Å². The number of rotatable bonds is 6. The van der Waals surface area contributed by atoms with Crippen molar-refractivity contribution in [3.63, 3.8) is 0 Å². The monoisotopic (exact) mass is 358 g/mol. The Morgan fingerprint density at radius 1 is 1.12 bits per heavy atom. The maximum Gasteiger partial charge on any atom is 0.356 e. The fourth-order valence-corrected chi connectivity index (χ4v) is 2.32. The highest BCUT2D eigenvalue weighted by atomic mass is 16.6. The fraction of sp³-hybridized carbons (Fsp3) is 0.222. The summed E-state index contributed by atoms with van der Waals surface area (Å²) in [6.45, 7) is 3.53. The molecule has 0 saturated carbocycles. The lowest BCUT2D eigenvalue weighted by Crippen LogP contribution is -2.27. The third-order valence-electron chi connectivity index (χ3n) is 3.39. The number of non-ortho nitro benzene ring substituents is 1. The molecule has 0 fully saturated rings. The molecule has 0 bridgehead atoms. The number of ether oxygens (including phenoxy) is 2. The molecule has 0 spiro atoms. The van der Waals surface area contributed by atoms with Crippen LogP contribution in [0.4, 0.5) is 11.4 Å². The molecule has 1 aliphatic rings. The van der Waals surface area contributed by atoms with Crippen molar-refractivity contribution >= 4 is 23.3 Å². The zero-order chi connectivity index (χ0) is 19.1. The van der Waals surface area contributed by atoms with Crippen LogP contribution in [0.5, 0.6) is 0 Å². The number of anilines is 1. The number of hydrogen-bond acceptors (Lipinski definition) is 7. The molecule has 1 heterocycles. The van der Waals surface area contributed by atoms with Gasteiger partial charge in [0.2, 0.25) is 0 Å². The smallest absolute Gasteiger partial charge is 0.356 e. The predicted octanol–water partition coefficient (Wildman–Crippen LogP) is 2.87. The van der Waals surface area contributed by atoms with Gasteiger partial charge in [0.25, 0.3) is 5.69 Å². The molecule has 0 atom stereocenters. The zero-order valence-corrected chi connectivity index (χ0v) is 14.4. The van der Waals surface area contributed by atoms with Crippen LogP contribution in [-0.4, -0.2) is 30.1 Å². The number of esters is 2. The number of nitro benzene ring substituents is 1. The molecule has 0 aromatic heterocycles. The number of allylic oxidation sites excluding steroid dienone is 2. The number of nitro groups is 1. The van der Waals surface area contributed by atoms with Gasteiger partial charge in [0, 0.05) is 18.3 Å². The molecule has 1 aliphatic heterocycles. The average molecular weight is 358 g/mol. The van der Waals surface area contributed by atoms with E-state index in [2.05, 4.69) is 0 Å². The van der Waals surface area contributed by atoms with Crippen LogP contribution >= 0.6 is 0 Å². The zero-order valence-electron chi connectivity index (χ0n) is 14.4. The Morgan fingerprint density at radius 2 is 1.81 bits per heavy atom. The topological polar surface area (TPSA) is 99.0 Å². The molecule has 0 radical (unpaired) electrons. The Hall–Kier alpha value is -3.42. The van der Waals surface area contributed by atoms with E-state index in [-0.39, 0.29) is 30.2 Å². The standard InChI is InChI=1S/C18H18N2O6/c1-3-25-17(21)15-10-5-6-11-19(16(15)18(22)26-4-2)13-8-7-9-14(12-13)20(23)24/h5-12H,3-4H2,1-2H3. The van der Waals surface area contributed by atoms with Crippen LogP contribution in [0.15, 0.2) is 60.0 Å². The molecule has 8 nitrogen and oxygen atoms in total. The van der Waals surface area contributed by atoms with Crippen molar-refractivity contribution in [2.45, 2.75) is 13.8 Å². The van der Waals surface area contributed by atoms with Crippen molar-refractivity contribution in [2.75, 3.05) is 18.1 Å². The maximum atomic E-state index is 12.5. The minimum Gasteiger partial charge on any atom is -0.462 e. The van der Waals surface area contributed by atoms with Gasteiger partial charge in [-0.25, -0.2) is 9.59 Å². The molecule has 0 unspecified atom stereocenters. The van der Waals surface area contributed by atoms with Crippen molar-refractivity contribution in [3.8, 4) is 0 Å². The van der Waals surface area contributed by atoms with Gasteiger partial charge >= 0.3 is 11.9 Å². The molecule has 1 aromatic rings. The van der Waals surface area contributed by atoms with Crippen molar-refractivity contribution in [1.82, 2.24) is 0 Å². The molecule has 2 rings (SSSR count). The van der Waals surface area contributed by atoms with E-state index in [1.54, 1.807) is 32.1 Å². The minimum absolute atomic E-state index is 0.00167. The fourth-order valence-electron chi connectivity index (χ4n) is 2.32. The van der Waals surface area contributed by atoms with E-state index < -0.39 is 16.9 Å². The molecular weight excluding hydrogens is 340 g/mol. The summed E-state index contributed by atoms with van der Waals surface area (Å²) in [4.78, 5) is 36.8. The largest absolute Gasteiger partial charge is 0.462 e. The van der Waals surface area contributed by atoms with Crippen LogP contribution in [0, 0.1) is 10.1 Å². The van der Waals surface area contributed by atoms with Crippen molar-refractivity contribution in [2.24, 2.45) is 0 Å². The SMILES string of the molecule is CCOC(=O)C1=C(C(=O)OCC)N(c2cccc([N+](=O)[O-])c2)C=CC=C1. The minimum atomic E-state index is -0.738. The van der Waals surface area contributed by atoms with Gasteiger partial charge in [0.05, 0.1) is 29.4 Å². The summed E-state index contributed by atoms with van der Waals surface area (Å²) in [5.74, 6) is -1.43. The van der Waals surface area contributed by atoms with Crippen LogP contribution in [0.1, 0.15) is 13.8 Å². The number of carbonyl (C=O) groups excluding carboxylic acids is 2. The number of nitrogens with zero attached hydrogens (tertiary/aromatic N) is 2. The molecule has 136 valence electrons. The normalized spacial score (nSPS) is 13.4. The first-order chi connectivity index (χ1) is 12.5. The highest BCUT2D eigenvalue weighted by molar-refractivity contribution is 6.05. The summed E-state index contributed by atoms with van der Waals surface area (Å²) in [6, 6.07) is 5.72. The summed E-state index contributed by atoms with van der Waals surface area (Å²) in [6.07, 6.45) is 6.14. The Kier molecular flexibility index (Phi) is 6.26. The second-order valence-electron chi connectivity index (χ2n) is 5.05. The summed E-state index contributed by atoms with van der Waals surface area (Å²) in [5.41, 5.74) is 0.121. The highest BCUT2D eigenvalue weighted by Crippen LogP contribution is 2.28. The average Bonchev–Trinajstić information content (AvgIpc) is 2.85. The van der Waals surface area contributed by atoms with Gasteiger partial charge in [-0.15, -0.1) is 0 Å². The van der Waals surface area contributed by atoms with Crippen molar-refractivity contribution < 1.29 is 24.0 Å². The number of hydrogen-bond donors (Lipinski definition) is 0. The van der Waals surface area contributed by atoms with E-state index in [1.165, 1.54) is 35.4 Å². The molecule has 26 heavy (non-hydrogen) atoms. The van der Waals surface area contributed by atoms with E-state index in [0.29, 0.717) is 5.69 Å². The molecule has 8 heteroatoms. The van der Waals surface area contributed by atoms with Crippen molar-refractivity contribution in [1.29, 1.82) is 0 Å². The van der Waals surface area contributed by atoms with E-state index in [1.807, 2.05) is 0 Å². The molecule has 0 saturated heterocycles. The Balaban J connectivity index is 2.62. The van der Waals surface area contributed by atoms with Crippen LogP contribution in [-0.2, 0) is 19.1 Å². The second-order valence-corrected chi connectivity index (χ2v) is 5.05. The molecule has 1 aromatic carbocycles. The lowest BCUT2D eigenvalue weighted by Gasteiger charge is -2.23. The first-order valence-corrected chi connectivity index (χ1v) is 7.96. The number of benzene rings is 1. The molecule has 0 aliphatic carbocycles. The quantitative estimate of drug-likeness (QED) is 0.438. The highest BCUT2D eigenvalue weighted by Gasteiger charge is 2.28. The number of carbonyl (C=O) groups is 2. The van der Waals surface area contributed by atoms with Crippen molar-refractivity contribution in [3.05, 3.63) is 70.1 Å². The van der Waals surface area contributed by atoms with Crippen LogP contribution in [0.25, 0.3) is 0 Å². The van der Waals surface area contributed by atoms with Crippen LogP contribution in [0.2, 0.25) is 0 Å². The van der Waals surface area contributed by atoms with Gasteiger partial charge in [0.1, 0.15) is 5.70 Å². The second kappa shape index (κ2) is 8.61. The lowest BCUT2D eigenvalue weighted by atomic mass is 10.1. The van der Waals surface area contributed by atoms with Crippen LogP contribution in [0.3, 0.4) is 0 Å². The van der Waals surface area contributed by atoms with E-state index in [0.717, 1.165) is 0 Å². The van der Waals surface area contributed by atoms with Gasteiger partial charge in [-0.2, -0.15) is 0 Å². The van der Waals surface area contributed by atoms with E-state index in [4.69, 9.17) is 9.47 Å². The molecule has 0 N–H and O–H groups in total. The summed E-state index contributed by atoms with van der Waals surface area (Å²) < 4.78 is 10.1. The van der Waals surface area contributed by atoms with Gasteiger partial charge in [-0.1, -0.05) is 12.1 Å². The third kappa shape index (κ3) is 4.15. The Morgan fingerprint density at radius 3 is 2.46 bits per heavy atom. The van der Waals surface area contributed by atoms with Gasteiger partial charge in [-0.3, -0.25) is 10.1 Å². The summed E-state index contributed by atoms with van der Waals surface area (Å²) in [5, 5.41) is 11.1.